The highest BCUT2D eigenvalue weighted by Gasteiger charge is 2.13. The van der Waals surface area contributed by atoms with Crippen molar-refractivity contribution in [2.45, 2.75) is 6.92 Å². The van der Waals surface area contributed by atoms with Gasteiger partial charge in [0.15, 0.2) is 16.6 Å². The number of hydrogen-bond acceptors (Lipinski definition) is 5. The molecule has 0 spiro atoms. The smallest absolute Gasteiger partial charge is 0.257 e. The second-order valence-corrected chi connectivity index (χ2v) is 7.21. The van der Waals surface area contributed by atoms with E-state index in [0.29, 0.717) is 28.8 Å². The van der Waals surface area contributed by atoms with Gasteiger partial charge in [0.2, 0.25) is 0 Å². The second kappa shape index (κ2) is 8.32. The fourth-order valence-corrected chi connectivity index (χ4v) is 3.78. The van der Waals surface area contributed by atoms with Crippen molar-refractivity contribution < 1.29 is 14.3 Å². The third-order valence-corrected chi connectivity index (χ3v) is 5.25. The summed E-state index contributed by atoms with van der Waals surface area (Å²) in [7, 11) is 1.55. The average Bonchev–Trinajstić information content (AvgIpc) is 3.22. The molecule has 0 fully saturated rings. The fourth-order valence-electron chi connectivity index (χ4n) is 3.07. The lowest BCUT2D eigenvalue weighted by atomic mass is 10.1. The van der Waals surface area contributed by atoms with E-state index < -0.39 is 0 Å². The molecular formula is C23H20N2O3S. The van der Waals surface area contributed by atoms with E-state index in [-0.39, 0.29) is 5.91 Å². The van der Waals surface area contributed by atoms with Crippen LogP contribution in [0.3, 0.4) is 0 Å². The third kappa shape index (κ3) is 4.07. The normalized spacial score (nSPS) is 10.7. The quantitative estimate of drug-likeness (QED) is 0.453. The molecule has 6 heteroatoms. The highest BCUT2D eigenvalue weighted by molar-refractivity contribution is 7.14. The zero-order valence-electron chi connectivity index (χ0n) is 16.1. The Morgan fingerprint density at radius 3 is 2.66 bits per heavy atom. The lowest BCUT2D eigenvalue weighted by Crippen LogP contribution is -2.12. The molecule has 0 aliphatic rings. The number of amides is 1. The Hall–Kier alpha value is -3.38. The van der Waals surface area contributed by atoms with Gasteiger partial charge < -0.3 is 9.47 Å². The minimum Gasteiger partial charge on any atom is -0.493 e. The molecule has 1 aromatic heterocycles. The van der Waals surface area contributed by atoms with E-state index in [4.69, 9.17) is 9.47 Å². The molecule has 0 bridgehead atoms. The van der Waals surface area contributed by atoms with Gasteiger partial charge in [0, 0.05) is 16.5 Å². The molecule has 29 heavy (non-hydrogen) atoms. The summed E-state index contributed by atoms with van der Waals surface area (Å²) in [5, 5.41) is 7.69. The van der Waals surface area contributed by atoms with Crippen LogP contribution in [0.5, 0.6) is 11.5 Å². The number of rotatable bonds is 6. The summed E-state index contributed by atoms with van der Waals surface area (Å²) in [4.78, 5) is 17.2. The summed E-state index contributed by atoms with van der Waals surface area (Å²) < 4.78 is 10.8. The zero-order valence-corrected chi connectivity index (χ0v) is 17.0. The van der Waals surface area contributed by atoms with E-state index >= 15 is 0 Å². The van der Waals surface area contributed by atoms with Gasteiger partial charge in [-0.3, -0.25) is 10.1 Å². The molecule has 0 radical (unpaired) electrons. The van der Waals surface area contributed by atoms with Crippen LogP contribution in [0.1, 0.15) is 17.3 Å². The number of hydrogen-bond donors (Lipinski definition) is 1. The Labute approximate surface area is 172 Å². The number of carbonyl (C=O) groups is 1. The molecule has 0 saturated heterocycles. The van der Waals surface area contributed by atoms with Crippen LogP contribution in [0, 0.1) is 0 Å². The number of methoxy groups -OCH3 is 1. The summed E-state index contributed by atoms with van der Waals surface area (Å²) in [6, 6.07) is 19.5. The maximum Gasteiger partial charge on any atom is 0.257 e. The topological polar surface area (TPSA) is 60.5 Å². The van der Waals surface area contributed by atoms with Crippen molar-refractivity contribution in [3.63, 3.8) is 0 Å². The molecule has 146 valence electrons. The standard InChI is InChI=1S/C23H20N2O3S/c1-3-28-20-11-10-18(13-21(20)27-2)22(26)25-23-24-19(14-29-23)17-9-8-15-6-4-5-7-16(15)12-17/h4-14H,3H2,1-2H3,(H,24,25,26). The Balaban J connectivity index is 1.53. The van der Waals surface area contributed by atoms with Crippen molar-refractivity contribution >= 4 is 33.1 Å². The van der Waals surface area contributed by atoms with E-state index in [1.54, 1.807) is 25.3 Å². The predicted octanol–water partition coefficient (Wildman–Crippen LogP) is 5.62. The SMILES string of the molecule is CCOc1ccc(C(=O)Nc2nc(-c3ccc4ccccc4c3)cs2)cc1OC. The number of ether oxygens (including phenoxy) is 2. The average molecular weight is 404 g/mol. The Bertz CT molecular complexity index is 1170. The first kappa shape index (κ1) is 19.0. The molecule has 1 heterocycles. The van der Waals surface area contributed by atoms with Gasteiger partial charge in [0.1, 0.15) is 0 Å². The molecule has 0 saturated carbocycles. The van der Waals surface area contributed by atoms with Crippen LogP contribution in [0.25, 0.3) is 22.0 Å². The predicted molar refractivity (Wildman–Crippen MR) is 117 cm³/mol. The van der Waals surface area contributed by atoms with Gasteiger partial charge in [0.05, 0.1) is 19.4 Å². The minimum atomic E-state index is -0.245. The minimum absolute atomic E-state index is 0.245. The number of anilines is 1. The first-order valence-corrected chi connectivity index (χ1v) is 10.1. The molecule has 1 amide bonds. The van der Waals surface area contributed by atoms with E-state index in [1.165, 1.54) is 16.7 Å². The summed E-state index contributed by atoms with van der Waals surface area (Å²) in [5.41, 5.74) is 2.33. The molecule has 3 aromatic carbocycles. The number of thiazole rings is 1. The highest BCUT2D eigenvalue weighted by atomic mass is 32.1. The summed E-state index contributed by atoms with van der Waals surface area (Å²) >= 11 is 1.40. The zero-order chi connectivity index (χ0) is 20.2. The number of fused-ring (bicyclic) bond motifs is 1. The lowest BCUT2D eigenvalue weighted by molar-refractivity contribution is 0.102. The highest BCUT2D eigenvalue weighted by Crippen LogP contribution is 2.30. The molecule has 0 unspecified atom stereocenters. The van der Waals surface area contributed by atoms with Crippen LogP contribution in [0.4, 0.5) is 5.13 Å². The second-order valence-electron chi connectivity index (χ2n) is 6.35. The van der Waals surface area contributed by atoms with Gasteiger partial charge in [-0.1, -0.05) is 36.4 Å². The summed E-state index contributed by atoms with van der Waals surface area (Å²) in [5.74, 6) is 0.889. The molecule has 4 rings (SSSR count). The first-order chi connectivity index (χ1) is 14.2. The molecule has 5 nitrogen and oxygen atoms in total. The number of nitrogens with zero attached hydrogens (tertiary/aromatic N) is 1. The van der Waals surface area contributed by atoms with Crippen LogP contribution in [0.2, 0.25) is 0 Å². The fraction of sp³-hybridized carbons (Fsp3) is 0.130. The molecular weight excluding hydrogens is 384 g/mol. The largest absolute Gasteiger partial charge is 0.493 e. The van der Waals surface area contributed by atoms with Gasteiger partial charge in [-0.25, -0.2) is 4.98 Å². The number of nitrogens with one attached hydrogen (secondary N) is 1. The van der Waals surface area contributed by atoms with Gasteiger partial charge in [-0.15, -0.1) is 11.3 Å². The van der Waals surface area contributed by atoms with Crippen LogP contribution in [-0.4, -0.2) is 24.6 Å². The number of carbonyl (C=O) groups excluding carboxylic acids is 1. The van der Waals surface area contributed by atoms with E-state index in [0.717, 1.165) is 16.6 Å². The molecule has 0 aliphatic carbocycles. The third-order valence-electron chi connectivity index (χ3n) is 4.50. The molecule has 4 aromatic rings. The maximum atomic E-state index is 12.6. The summed E-state index contributed by atoms with van der Waals surface area (Å²) in [6.45, 7) is 2.42. The van der Waals surface area contributed by atoms with Crippen LogP contribution < -0.4 is 14.8 Å². The number of benzene rings is 3. The van der Waals surface area contributed by atoms with Gasteiger partial charge in [-0.2, -0.15) is 0 Å². The van der Waals surface area contributed by atoms with Crippen LogP contribution in [0.15, 0.2) is 66.0 Å². The number of aromatic nitrogens is 1. The van der Waals surface area contributed by atoms with Crippen molar-refractivity contribution in [3.05, 3.63) is 71.6 Å². The van der Waals surface area contributed by atoms with Gasteiger partial charge in [-0.05, 0) is 42.0 Å². The van der Waals surface area contributed by atoms with Crippen molar-refractivity contribution in [3.8, 4) is 22.8 Å². The summed E-state index contributed by atoms with van der Waals surface area (Å²) in [6.07, 6.45) is 0. The van der Waals surface area contributed by atoms with Gasteiger partial charge >= 0.3 is 0 Å². The maximum absolute atomic E-state index is 12.6. The molecule has 0 atom stereocenters. The van der Waals surface area contributed by atoms with Crippen molar-refractivity contribution in [2.24, 2.45) is 0 Å². The molecule has 1 N–H and O–H groups in total. The van der Waals surface area contributed by atoms with E-state index in [1.807, 2.05) is 30.5 Å². The Morgan fingerprint density at radius 2 is 1.86 bits per heavy atom. The van der Waals surface area contributed by atoms with E-state index in [2.05, 4.69) is 34.6 Å². The molecule has 0 aliphatic heterocycles. The van der Waals surface area contributed by atoms with Crippen LogP contribution >= 0.6 is 11.3 Å². The van der Waals surface area contributed by atoms with Gasteiger partial charge in [0.25, 0.3) is 5.91 Å². The van der Waals surface area contributed by atoms with Crippen molar-refractivity contribution in [2.75, 3.05) is 19.0 Å². The van der Waals surface area contributed by atoms with Crippen LogP contribution in [-0.2, 0) is 0 Å². The van der Waals surface area contributed by atoms with Crippen molar-refractivity contribution in [1.82, 2.24) is 4.98 Å². The Kier molecular flexibility index (Phi) is 5.44. The lowest BCUT2D eigenvalue weighted by Gasteiger charge is -2.10. The van der Waals surface area contributed by atoms with E-state index in [9.17, 15) is 4.79 Å². The first-order valence-electron chi connectivity index (χ1n) is 9.25. The monoisotopic (exact) mass is 404 g/mol. The van der Waals surface area contributed by atoms with Crippen molar-refractivity contribution in [1.29, 1.82) is 0 Å². The Morgan fingerprint density at radius 1 is 1.03 bits per heavy atom.